The Morgan fingerprint density at radius 2 is 1.65 bits per heavy atom. The zero-order chi connectivity index (χ0) is 15.4. The number of carbonyl (C=O) groups excluding carboxylic acids is 1. The van der Waals surface area contributed by atoms with Gasteiger partial charge in [0.1, 0.15) is 0 Å². The van der Waals surface area contributed by atoms with Gasteiger partial charge in [0, 0.05) is 19.6 Å². The largest absolute Gasteiger partial charge is 0.379 e. The lowest BCUT2D eigenvalue weighted by molar-refractivity contribution is -0.122. The van der Waals surface area contributed by atoms with E-state index in [0.29, 0.717) is 44.1 Å². The first kappa shape index (κ1) is 19.4. The highest BCUT2D eigenvalue weighted by molar-refractivity contribution is 5.75. The molecule has 0 rings (SSSR count). The summed E-state index contributed by atoms with van der Waals surface area (Å²) in [7, 11) is 0. The molecule has 0 radical (unpaired) electrons. The van der Waals surface area contributed by atoms with Gasteiger partial charge in [-0.05, 0) is 24.2 Å². The van der Waals surface area contributed by atoms with Crippen LogP contribution in [0.3, 0.4) is 0 Å². The summed E-state index contributed by atoms with van der Waals surface area (Å²) in [5.41, 5.74) is 0.383. The monoisotopic (exact) mass is 287 g/mol. The molecule has 0 unspecified atom stereocenters. The summed E-state index contributed by atoms with van der Waals surface area (Å²) in [5.74, 6) is 0.499. The van der Waals surface area contributed by atoms with E-state index in [-0.39, 0.29) is 5.91 Å². The topological polar surface area (TPSA) is 47.6 Å². The van der Waals surface area contributed by atoms with Crippen LogP contribution in [0.5, 0.6) is 0 Å². The number of carbonyl (C=O) groups is 1. The number of amides is 1. The van der Waals surface area contributed by atoms with Gasteiger partial charge in [0.15, 0.2) is 0 Å². The molecule has 4 nitrogen and oxygen atoms in total. The predicted octanol–water partition coefficient (Wildman–Crippen LogP) is 3.01. The molecule has 0 saturated carbocycles. The Bertz CT molecular complexity index is 247. The van der Waals surface area contributed by atoms with Crippen molar-refractivity contribution >= 4 is 5.91 Å². The van der Waals surface area contributed by atoms with Crippen LogP contribution in [0, 0.1) is 11.3 Å². The van der Waals surface area contributed by atoms with Crippen molar-refractivity contribution in [3.63, 3.8) is 0 Å². The van der Waals surface area contributed by atoms with E-state index in [2.05, 4.69) is 26.1 Å². The predicted molar refractivity (Wildman–Crippen MR) is 82.8 cm³/mol. The number of hydrogen-bond donors (Lipinski definition) is 1. The molecule has 4 heteroatoms. The molecule has 0 aromatic heterocycles. The number of hydrogen-bond acceptors (Lipinski definition) is 3. The first-order valence-corrected chi connectivity index (χ1v) is 7.73. The third-order valence-corrected chi connectivity index (χ3v) is 2.75. The molecule has 0 heterocycles. The van der Waals surface area contributed by atoms with E-state index < -0.39 is 0 Å². The minimum Gasteiger partial charge on any atom is -0.379 e. The fourth-order valence-corrected chi connectivity index (χ4v) is 1.73. The lowest BCUT2D eigenvalue weighted by Crippen LogP contribution is -2.28. The summed E-state index contributed by atoms with van der Waals surface area (Å²) in [4.78, 5) is 11.4. The quantitative estimate of drug-likeness (QED) is 0.594. The summed E-state index contributed by atoms with van der Waals surface area (Å²) in [5, 5.41) is 2.84. The minimum absolute atomic E-state index is 0.0991. The van der Waals surface area contributed by atoms with Gasteiger partial charge in [-0.2, -0.15) is 0 Å². The second kappa shape index (κ2) is 11.1. The van der Waals surface area contributed by atoms with Crippen molar-refractivity contribution in [2.45, 2.75) is 53.9 Å². The molecule has 0 saturated heterocycles. The van der Waals surface area contributed by atoms with Crippen LogP contribution in [0.1, 0.15) is 53.9 Å². The summed E-state index contributed by atoms with van der Waals surface area (Å²) in [6.45, 7) is 13.9. The maximum atomic E-state index is 11.4. The maximum absolute atomic E-state index is 11.4. The SMILES string of the molecule is CC(C)CC(=O)NCCOCCOCCCC(C)(C)C. The van der Waals surface area contributed by atoms with Crippen LogP contribution in [0.25, 0.3) is 0 Å². The average molecular weight is 287 g/mol. The van der Waals surface area contributed by atoms with Crippen LogP contribution in [-0.4, -0.2) is 38.9 Å². The third kappa shape index (κ3) is 15.4. The molecular formula is C16H33NO3. The summed E-state index contributed by atoms with van der Waals surface area (Å²) < 4.78 is 10.9. The van der Waals surface area contributed by atoms with Crippen molar-refractivity contribution in [3.05, 3.63) is 0 Å². The Morgan fingerprint density at radius 1 is 1.05 bits per heavy atom. The van der Waals surface area contributed by atoms with Crippen molar-refractivity contribution in [1.29, 1.82) is 0 Å². The zero-order valence-electron chi connectivity index (χ0n) is 14.0. The van der Waals surface area contributed by atoms with Gasteiger partial charge in [0.05, 0.1) is 19.8 Å². The normalized spacial score (nSPS) is 11.9. The molecule has 0 aliphatic rings. The molecule has 0 aliphatic heterocycles. The Morgan fingerprint density at radius 3 is 2.20 bits per heavy atom. The summed E-state index contributed by atoms with van der Waals surface area (Å²) >= 11 is 0. The number of rotatable bonds is 11. The Labute approximate surface area is 124 Å². The smallest absolute Gasteiger partial charge is 0.220 e. The van der Waals surface area contributed by atoms with Crippen LogP contribution in [-0.2, 0) is 14.3 Å². The molecule has 20 heavy (non-hydrogen) atoms. The van der Waals surface area contributed by atoms with Crippen molar-refractivity contribution in [1.82, 2.24) is 5.32 Å². The van der Waals surface area contributed by atoms with Crippen LogP contribution in [0.4, 0.5) is 0 Å². The molecule has 1 amide bonds. The Kier molecular flexibility index (Phi) is 10.8. The van der Waals surface area contributed by atoms with E-state index in [4.69, 9.17) is 9.47 Å². The second-order valence-corrected chi connectivity index (χ2v) is 6.84. The van der Waals surface area contributed by atoms with E-state index in [0.717, 1.165) is 13.0 Å². The average Bonchev–Trinajstić information content (AvgIpc) is 2.29. The van der Waals surface area contributed by atoms with Gasteiger partial charge >= 0.3 is 0 Å². The number of ether oxygens (including phenoxy) is 2. The third-order valence-electron chi connectivity index (χ3n) is 2.75. The van der Waals surface area contributed by atoms with Crippen molar-refractivity contribution < 1.29 is 14.3 Å². The summed E-state index contributed by atoms with van der Waals surface area (Å²) in [6, 6.07) is 0. The highest BCUT2D eigenvalue weighted by Crippen LogP contribution is 2.20. The Balaban J connectivity index is 3.19. The molecule has 0 bridgehead atoms. The van der Waals surface area contributed by atoms with Crippen LogP contribution in [0.2, 0.25) is 0 Å². The van der Waals surface area contributed by atoms with Gasteiger partial charge in [0.25, 0.3) is 0 Å². The van der Waals surface area contributed by atoms with Crippen LogP contribution >= 0.6 is 0 Å². The summed E-state index contributed by atoms with van der Waals surface area (Å²) in [6.07, 6.45) is 2.85. The molecule has 0 fully saturated rings. The molecule has 1 N–H and O–H groups in total. The first-order chi connectivity index (χ1) is 9.31. The van der Waals surface area contributed by atoms with Crippen LogP contribution < -0.4 is 5.32 Å². The zero-order valence-corrected chi connectivity index (χ0v) is 14.0. The van der Waals surface area contributed by atoms with Crippen molar-refractivity contribution in [2.75, 3.05) is 33.0 Å². The molecule has 0 aliphatic carbocycles. The second-order valence-electron chi connectivity index (χ2n) is 6.84. The number of nitrogens with one attached hydrogen (secondary N) is 1. The first-order valence-electron chi connectivity index (χ1n) is 7.73. The molecule has 0 aromatic rings. The van der Waals surface area contributed by atoms with Gasteiger partial charge in [-0.3, -0.25) is 4.79 Å². The van der Waals surface area contributed by atoms with E-state index in [1.54, 1.807) is 0 Å². The van der Waals surface area contributed by atoms with Gasteiger partial charge in [-0.25, -0.2) is 0 Å². The molecule has 0 aromatic carbocycles. The highest BCUT2D eigenvalue weighted by atomic mass is 16.5. The minimum atomic E-state index is 0.0991. The van der Waals surface area contributed by atoms with Crippen molar-refractivity contribution in [3.8, 4) is 0 Å². The van der Waals surface area contributed by atoms with Crippen LogP contribution in [0.15, 0.2) is 0 Å². The standard InChI is InChI=1S/C16H33NO3/c1-14(2)13-15(18)17-8-10-20-12-11-19-9-6-7-16(3,4)5/h14H,6-13H2,1-5H3,(H,17,18). The fraction of sp³-hybridized carbons (Fsp3) is 0.938. The van der Waals surface area contributed by atoms with Gasteiger partial charge in [-0.15, -0.1) is 0 Å². The lowest BCUT2D eigenvalue weighted by Gasteiger charge is -2.17. The van der Waals surface area contributed by atoms with E-state index in [1.165, 1.54) is 6.42 Å². The molecule has 120 valence electrons. The van der Waals surface area contributed by atoms with Crippen molar-refractivity contribution in [2.24, 2.45) is 11.3 Å². The maximum Gasteiger partial charge on any atom is 0.220 e. The molecule has 0 spiro atoms. The highest BCUT2D eigenvalue weighted by Gasteiger charge is 2.08. The Hall–Kier alpha value is -0.610. The molecular weight excluding hydrogens is 254 g/mol. The molecule has 0 atom stereocenters. The van der Waals surface area contributed by atoms with Gasteiger partial charge < -0.3 is 14.8 Å². The lowest BCUT2D eigenvalue weighted by atomic mass is 9.91. The van der Waals surface area contributed by atoms with E-state index in [9.17, 15) is 4.79 Å². The van der Waals surface area contributed by atoms with E-state index in [1.807, 2.05) is 13.8 Å². The van der Waals surface area contributed by atoms with E-state index >= 15 is 0 Å². The fourth-order valence-electron chi connectivity index (χ4n) is 1.73. The van der Waals surface area contributed by atoms with Gasteiger partial charge in [0.2, 0.25) is 5.91 Å². The van der Waals surface area contributed by atoms with Gasteiger partial charge in [-0.1, -0.05) is 34.6 Å².